The minimum absolute atomic E-state index is 0.100. The Labute approximate surface area is 131 Å². The molecule has 0 aliphatic carbocycles. The zero-order valence-electron chi connectivity index (χ0n) is 13.0. The van der Waals surface area contributed by atoms with E-state index in [4.69, 9.17) is 5.11 Å². The fourth-order valence-corrected chi connectivity index (χ4v) is 4.16. The zero-order valence-corrected chi connectivity index (χ0v) is 13.8. The van der Waals surface area contributed by atoms with Crippen molar-refractivity contribution in [2.75, 3.05) is 31.9 Å². The first-order valence-electron chi connectivity index (χ1n) is 7.77. The number of urea groups is 1. The zero-order chi connectivity index (χ0) is 15.5. The fourth-order valence-electron chi connectivity index (χ4n) is 3.06. The van der Waals surface area contributed by atoms with Crippen LogP contribution in [0.25, 0.3) is 0 Å². The number of hydrogen-bond donors (Lipinski definition) is 1. The maximum absolute atomic E-state index is 12.6. The Kier molecular flexibility index (Phi) is 5.41. The lowest BCUT2D eigenvalue weighted by molar-refractivity contribution is -0.138. The molecule has 2 saturated heterocycles. The summed E-state index contributed by atoms with van der Waals surface area (Å²) in [6.07, 6.45) is 3.01. The maximum Gasteiger partial charge on any atom is 0.320 e. The van der Waals surface area contributed by atoms with Crippen molar-refractivity contribution in [2.45, 2.75) is 44.3 Å². The van der Waals surface area contributed by atoms with Crippen molar-refractivity contribution in [1.82, 2.24) is 9.80 Å². The Morgan fingerprint density at radius 3 is 2.71 bits per heavy atom. The van der Waals surface area contributed by atoms with Crippen LogP contribution in [0.15, 0.2) is 0 Å². The lowest BCUT2D eigenvalue weighted by atomic mass is 9.95. The smallest absolute Gasteiger partial charge is 0.320 e. The Bertz CT molecular complexity index is 400. The van der Waals surface area contributed by atoms with Gasteiger partial charge in [0.15, 0.2) is 0 Å². The van der Waals surface area contributed by atoms with Gasteiger partial charge in [0, 0.05) is 43.1 Å². The number of nitrogens with zero attached hydrogens (tertiary/aromatic N) is 2. The first kappa shape index (κ1) is 16.5. The topological polar surface area (TPSA) is 60.9 Å². The van der Waals surface area contributed by atoms with E-state index in [1.54, 1.807) is 0 Å². The first-order chi connectivity index (χ1) is 9.87. The molecule has 21 heavy (non-hydrogen) atoms. The third kappa shape index (κ3) is 4.80. The molecule has 0 aromatic heterocycles. The molecule has 0 bridgehead atoms. The van der Waals surface area contributed by atoms with Crippen molar-refractivity contribution in [1.29, 1.82) is 0 Å². The van der Waals surface area contributed by atoms with Crippen molar-refractivity contribution in [3.05, 3.63) is 0 Å². The number of carbonyl (C=O) groups excluding carboxylic acids is 1. The van der Waals surface area contributed by atoms with Crippen molar-refractivity contribution in [2.24, 2.45) is 5.92 Å². The number of piperidine rings is 1. The second-order valence-electron chi connectivity index (χ2n) is 6.68. The molecule has 2 aliphatic rings. The number of carboxylic acids is 1. The summed E-state index contributed by atoms with van der Waals surface area (Å²) >= 11 is 1.93. The van der Waals surface area contributed by atoms with Gasteiger partial charge in [-0.1, -0.05) is 13.8 Å². The van der Waals surface area contributed by atoms with Gasteiger partial charge in [-0.05, 0) is 25.2 Å². The molecule has 0 saturated carbocycles. The second kappa shape index (κ2) is 6.90. The van der Waals surface area contributed by atoms with Gasteiger partial charge >= 0.3 is 12.0 Å². The molecule has 0 spiro atoms. The highest BCUT2D eigenvalue weighted by atomic mass is 32.2. The Balaban J connectivity index is 1.91. The molecule has 0 radical (unpaired) electrons. The minimum atomic E-state index is -0.762. The molecule has 2 heterocycles. The molecular formula is C15H26N2O3S. The molecule has 2 aliphatic heterocycles. The molecule has 1 atom stereocenters. The number of carboxylic acid groups (broad SMARTS) is 1. The summed E-state index contributed by atoms with van der Waals surface area (Å²) in [5.41, 5.74) is 0. The van der Waals surface area contributed by atoms with Crippen LogP contribution in [-0.4, -0.2) is 63.6 Å². The van der Waals surface area contributed by atoms with Crippen LogP contribution < -0.4 is 0 Å². The largest absolute Gasteiger partial charge is 0.481 e. The van der Waals surface area contributed by atoms with Gasteiger partial charge in [-0.3, -0.25) is 4.79 Å². The number of thioether (sulfide) groups is 1. The number of hydrogen-bond acceptors (Lipinski definition) is 3. The summed E-state index contributed by atoms with van der Waals surface area (Å²) in [5, 5.41) is 8.92. The van der Waals surface area contributed by atoms with Crippen molar-refractivity contribution in [3.8, 4) is 0 Å². The van der Waals surface area contributed by atoms with Crippen LogP contribution in [0.3, 0.4) is 0 Å². The van der Waals surface area contributed by atoms with Crippen LogP contribution in [-0.2, 0) is 4.79 Å². The van der Waals surface area contributed by atoms with E-state index < -0.39 is 5.97 Å². The number of likely N-dealkylation sites (tertiary alicyclic amines) is 1. The van der Waals surface area contributed by atoms with Gasteiger partial charge < -0.3 is 14.9 Å². The minimum Gasteiger partial charge on any atom is -0.481 e. The number of carbonyl (C=O) groups is 2. The highest BCUT2D eigenvalue weighted by Gasteiger charge is 2.31. The maximum atomic E-state index is 12.6. The lowest BCUT2D eigenvalue weighted by Crippen LogP contribution is -2.48. The number of amides is 2. The standard InChI is InChI=1S/C15H26N2O3S/c1-15(2)5-7-16(8-9-21-15)14(20)17-6-3-4-12(11-17)10-13(18)19/h12H,3-11H2,1-2H3,(H,18,19). The SMILES string of the molecule is CC1(C)CCN(C(=O)N2CCCC(CC(=O)O)C2)CCS1. The van der Waals surface area contributed by atoms with Crippen LogP contribution in [0.1, 0.15) is 39.5 Å². The van der Waals surface area contributed by atoms with E-state index in [0.717, 1.165) is 44.6 Å². The molecule has 1 N–H and O–H groups in total. The van der Waals surface area contributed by atoms with E-state index in [2.05, 4.69) is 13.8 Å². The quantitative estimate of drug-likeness (QED) is 0.851. The monoisotopic (exact) mass is 314 g/mol. The summed E-state index contributed by atoms with van der Waals surface area (Å²) in [6.45, 7) is 7.43. The summed E-state index contributed by atoms with van der Waals surface area (Å²) in [7, 11) is 0. The third-order valence-corrected chi connectivity index (χ3v) is 5.73. The van der Waals surface area contributed by atoms with Crippen LogP contribution in [0.2, 0.25) is 0 Å². The molecule has 2 amide bonds. The molecule has 0 aromatic rings. The summed E-state index contributed by atoms with van der Waals surface area (Å²) in [5.74, 6) is 0.325. The average molecular weight is 314 g/mol. The molecule has 6 heteroatoms. The predicted octanol–water partition coefficient (Wildman–Crippen LogP) is 2.51. The first-order valence-corrected chi connectivity index (χ1v) is 8.75. The van der Waals surface area contributed by atoms with E-state index in [1.165, 1.54) is 0 Å². The highest BCUT2D eigenvalue weighted by Crippen LogP contribution is 2.31. The summed E-state index contributed by atoms with van der Waals surface area (Å²) in [6, 6.07) is 0.100. The van der Waals surface area contributed by atoms with Gasteiger partial charge in [0.2, 0.25) is 0 Å². The molecule has 2 fully saturated rings. The van der Waals surface area contributed by atoms with Crippen molar-refractivity contribution < 1.29 is 14.7 Å². The molecule has 1 unspecified atom stereocenters. The van der Waals surface area contributed by atoms with E-state index in [1.807, 2.05) is 21.6 Å². The summed E-state index contributed by atoms with van der Waals surface area (Å²) in [4.78, 5) is 27.3. The molecule has 2 rings (SSSR count). The van der Waals surface area contributed by atoms with E-state index in [0.29, 0.717) is 6.54 Å². The highest BCUT2D eigenvalue weighted by molar-refractivity contribution is 8.00. The Hall–Kier alpha value is -0.910. The Morgan fingerprint density at radius 2 is 2.00 bits per heavy atom. The number of rotatable bonds is 2. The van der Waals surface area contributed by atoms with E-state index in [-0.39, 0.29) is 23.1 Å². The molecule has 0 aromatic carbocycles. The molecular weight excluding hydrogens is 288 g/mol. The predicted molar refractivity (Wildman–Crippen MR) is 84.7 cm³/mol. The molecule has 5 nitrogen and oxygen atoms in total. The fraction of sp³-hybridized carbons (Fsp3) is 0.867. The van der Waals surface area contributed by atoms with Gasteiger partial charge in [0.1, 0.15) is 0 Å². The van der Waals surface area contributed by atoms with Crippen molar-refractivity contribution >= 4 is 23.8 Å². The average Bonchev–Trinajstić information content (AvgIpc) is 2.58. The van der Waals surface area contributed by atoms with Gasteiger partial charge in [-0.25, -0.2) is 4.79 Å². The van der Waals surface area contributed by atoms with Gasteiger partial charge in [0.25, 0.3) is 0 Å². The third-order valence-electron chi connectivity index (χ3n) is 4.36. The van der Waals surface area contributed by atoms with Gasteiger partial charge in [0.05, 0.1) is 0 Å². The second-order valence-corrected chi connectivity index (χ2v) is 8.48. The van der Waals surface area contributed by atoms with Crippen LogP contribution in [0, 0.1) is 5.92 Å². The Morgan fingerprint density at radius 1 is 1.24 bits per heavy atom. The van der Waals surface area contributed by atoms with Gasteiger partial charge in [-0.15, -0.1) is 0 Å². The van der Waals surface area contributed by atoms with Crippen LogP contribution in [0.4, 0.5) is 4.79 Å². The van der Waals surface area contributed by atoms with E-state index in [9.17, 15) is 9.59 Å². The van der Waals surface area contributed by atoms with Gasteiger partial charge in [-0.2, -0.15) is 11.8 Å². The number of aliphatic carboxylic acids is 1. The van der Waals surface area contributed by atoms with Crippen molar-refractivity contribution in [3.63, 3.8) is 0 Å². The normalized spacial score (nSPS) is 26.3. The van der Waals surface area contributed by atoms with Crippen LogP contribution >= 0.6 is 11.8 Å². The summed E-state index contributed by atoms with van der Waals surface area (Å²) < 4.78 is 0.239. The molecule has 120 valence electrons. The lowest BCUT2D eigenvalue weighted by Gasteiger charge is -2.35. The van der Waals surface area contributed by atoms with E-state index >= 15 is 0 Å². The van der Waals surface area contributed by atoms with Crippen LogP contribution in [0.5, 0.6) is 0 Å².